The SMILES string of the molecule is CC(C)N(C)S(=O)(=O)NC(=O)c1cc(-n2c(=O)cc(C(F)(F)F)n(C)c2=O)ccc1Cl. The second kappa shape index (κ2) is 8.48. The van der Waals surface area contributed by atoms with Crippen LogP contribution >= 0.6 is 11.6 Å². The average Bonchev–Trinajstić information content (AvgIpc) is 2.63. The summed E-state index contributed by atoms with van der Waals surface area (Å²) >= 11 is 5.96. The molecule has 0 aliphatic rings. The average molecular weight is 483 g/mol. The number of hydrogen-bond acceptors (Lipinski definition) is 5. The summed E-state index contributed by atoms with van der Waals surface area (Å²) < 4.78 is 66.8. The zero-order chi connectivity index (χ0) is 23.9. The van der Waals surface area contributed by atoms with Gasteiger partial charge >= 0.3 is 22.1 Å². The van der Waals surface area contributed by atoms with Crippen molar-refractivity contribution in [1.29, 1.82) is 0 Å². The molecule has 1 amide bonds. The van der Waals surface area contributed by atoms with E-state index in [1.54, 1.807) is 18.6 Å². The monoisotopic (exact) mass is 482 g/mol. The molecule has 2 aromatic rings. The molecule has 1 aromatic carbocycles. The highest BCUT2D eigenvalue weighted by molar-refractivity contribution is 7.87. The van der Waals surface area contributed by atoms with Crippen molar-refractivity contribution >= 4 is 27.7 Å². The summed E-state index contributed by atoms with van der Waals surface area (Å²) in [6, 6.07) is 2.93. The van der Waals surface area contributed by atoms with Gasteiger partial charge in [-0.3, -0.25) is 14.2 Å². The van der Waals surface area contributed by atoms with E-state index in [0.29, 0.717) is 4.57 Å². The van der Waals surface area contributed by atoms with E-state index in [4.69, 9.17) is 11.6 Å². The Balaban J connectivity index is 2.59. The normalized spacial score (nSPS) is 12.5. The number of hydrogen-bond donors (Lipinski definition) is 1. The highest BCUT2D eigenvalue weighted by Gasteiger charge is 2.35. The number of amides is 1. The fourth-order valence-electron chi connectivity index (χ4n) is 2.48. The maximum atomic E-state index is 13.0. The van der Waals surface area contributed by atoms with Crippen molar-refractivity contribution in [2.45, 2.75) is 26.1 Å². The van der Waals surface area contributed by atoms with Crippen LogP contribution in [0.3, 0.4) is 0 Å². The zero-order valence-corrected chi connectivity index (χ0v) is 18.3. The first-order valence-electron chi connectivity index (χ1n) is 8.58. The van der Waals surface area contributed by atoms with E-state index in [1.165, 1.54) is 7.05 Å². The number of carbonyl (C=O) groups is 1. The molecule has 0 radical (unpaired) electrons. The molecule has 1 aromatic heterocycles. The maximum absolute atomic E-state index is 13.0. The van der Waals surface area contributed by atoms with Crippen LogP contribution < -0.4 is 16.0 Å². The Bertz CT molecular complexity index is 1250. The molecule has 0 aliphatic carbocycles. The second-order valence-corrected chi connectivity index (χ2v) is 8.89. The number of alkyl halides is 3. The topological polar surface area (TPSA) is 110 Å². The van der Waals surface area contributed by atoms with Crippen LogP contribution in [-0.2, 0) is 23.4 Å². The summed E-state index contributed by atoms with van der Waals surface area (Å²) in [7, 11) is -2.16. The van der Waals surface area contributed by atoms with Gasteiger partial charge in [0.1, 0.15) is 5.69 Å². The van der Waals surface area contributed by atoms with Crippen molar-refractivity contribution in [1.82, 2.24) is 18.2 Å². The number of carbonyl (C=O) groups excluding carboxylic acids is 1. The molecule has 0 atom stereocenters. The van der Waals surface area contributed by atoms with Gasteiger partial charge in [0.2, 0.25) is 0 Å². The van der Waals surface area contributed by atoms with E-state index < -0.39 is 50.8 Å². The molecule has 0 saturated heterocycles. The Morgan fingerprint density at radius 2 is 1.77 bits per heavy atom. The van der Waals surface area contributed by atoms with Gasteiger partial charge in [-0.2, -0.15) is 25.9 Å². The van der Waals surface area contributed by atoms with Crippen LogP contribution in [0.4, 0.5) is 13.2 Å². The van der Waals surface area contributed by atoms with E-state index in [-0.39, 0.29) is 21.3 Å². The van der Waals surface area contributed by atoms with Gasteiger partial charge in [-0.15, -0.1) is 0 Å². The largest absolute Gasteiger partial charge is 0.431 e. The molecule has 170 valence electrons. The Kier molecular flexibility index (Phi) is 6.73. The molecular weight excluding hydrogens is 465 g/mol. The molecule has 0 bridgehead atoms. The van der Waals surface area contributed by atoms with Gasteiger partial charge < -0.3 is 0 Å². The smallest absolute Gasteiger partial charge is 0.292 e. The predicted molar refractivity (Wildman–Crippen MR) is 107 cm³/mol. The molecule has 0 unspecified atom stereocenters. The Morgan fingerprint density at radius 3 is 2.29 bits per heavy atom. The molecule has 0 saturated carbocycles. The van der Waals surface area contributed by atoms with Gasteiger partial charge in [-0.1, -0.05) is 11.6 Å². The van der Waals surface area contributed by atoms with E-state index in [9.17, 15) is 36.0 Å². The molecular formula is C17H18ClF3N4O5S. The minimum atomic E-state index is -4.94. The van der Waals surface area contributed by atoms with Crippen LogP contribution in [0.25, 0.3) is 5.69 Å². The van der Waals surface area contributed by atoms with Crippen LogP contribution in [-0.4, -0.2) is 40.9 Å². The van der Waals surface area contributed by atoms with E-state index in [1.807, 2.05) is 0 Å². The van der Waals surface area contributed by atoms with Gasteiger partial charge in [0.05, 0.1) is 16.3 Å². The third-order valence-corrected chi connectivity index (χ3v) is 6.34. The first-order valence-corrected chi connectivity index (χ1v) is 10.4. The third kappa shape index (κ3) is 4.99. The number of benzene rings is 1. The molecule has 1 N–H and O–H groups in total. The van der Waals surface area contributed by atoms with Gasteiger partial charge in [0.25, 0.3) is 11.5 Å². The van der Waals surface area contributed by atoms with Crippen molar-refractivity contribution in [3.8, 4) is 5.69 Å². The Hall–Kier alpha value is -2.64. The second-order valence-electron chi connectivity index (χ2n) is 6.75. The fourth-order valence-corrected chi connectivity index (χ4v) is 3.73. The van der Waals surface area contributed by atoms with Crippen molar-refractivity contribution in [2.75, 3.05) is 7.05 Å². The first-order chi connectivity index (χ1) is 14.1. The van der Waals surface area contributed by atoms with Gasteiger partial charge in [-0.25, -0.2) is 14.1 Å². The van der Waals surface area contributed by atoms with Crippen molar-refractivity contribution in [3.05, 3.63) is 61.4 Å². The predicted octanol–water partition coefficient (Wildman–Crippen LogP) is 1.52. The standard InChI is InChI=1S/C17H18ClF3N4O5S/c1-9(2)24(4)31(29,30)22-15(27)11-7-10(5-6-12(11)18)25-14(26)8-13(17(19,20)21)23(3)16(25)28/h5-9H,1-4H3,(H,22,27). The number of halogens is 4. The molecule has 31 heavy (non-hydrogen) atoms. The summed E-state index contributed by atoms with van der Waals surface area (Å²) in [5.74, 6) is -1.16. The van der Waals surface area contributed by atoms with Crippen LogP contribution in [0.15, 0.2) is 33.9 Å². The lowest BCUT2D eigenvalue weighted by Gasteiger charge is -2.21. The minimum absolute atomic E-state index is 0.208. The third-order valence-electron chi connectivity index (χ3n) is 4.39. The van der Waals surface area contributed by atoms with Crippen LogP contribution in [0.1, 0.15) is 29.9 Å². The van der Waals surface area contributed by atoms with Crippen molar-refractivity contribution in [3.63, 3.8) is 0 Å². The van der Waals surface area contributed by atoms with Crippen molar-refractivity contribution in [2.24, 2.45) is 7.05 Å². The minimum Gasteiger partial charge on any atom is -0.292 e. The van der Waals surface area contributed by atoms with E-state index in [2.05, 4.69) is 0 Å². The van der Waals surface area contributed by atoms with Crippen LogP contribution in [0, 0.1) is 0 Å². The fraction of sp³-hybridized carbons (Fsp3) is 0.353. The van der Waals surface area contributed by atoms with Crippen LogP contribution in [0.2, 0.25) is 5.02 Å². The molecule has 0 fully saturated rings. The lowest BCUT2D eigenvalue weighted by Crippen LogP contribution is -2.44. The summed E-state index contributed by atoms with van der Waals surface area (Å²) in [6.07, 6.45) is -4.94. The summed E-state index contributed by atoms with van der Waals surface area (Å²) in [4.78, 5) is 37.1. The molecule has 2 rings (SSSR count). The van der Waals surface area contributed by atoms with Gasteiger partial charge in [0, 0.05) is 26.2 Å². The Morgan fingerprint density at radius 1 is 1.19 bits per heavy atom. The number of rotatable bonds is 5. The molecule has 14 heteroatoms. The summed E-state index contributed by atoms with van der Waals surface area (Å²) in [6.45, 7) is 3.15. The Labute approximate surface area is 179 Å². The summed E-state index contributed by atoms with van der Waals surface area (Å²) in [5.41, 5.74) is -4.75. The van der Waals surface area contributed by atoms with Crippen LogP contribution in [0.5, 0.6) is 0 Å². The number of nitrogens with zero attached hydrogens (tertiary/aromatic N) is 3. The maximum Gasteiger partial charge on any atom is 0.431 e. The quantitative estimate of drug-likeness (QED) is 0.694. The molecule has 0 aliphatic heterocycles. The zero-order valence-electron chi connectivity index (χ0n) is 16.7. The van der Waals surface area contributed by atoms with Gasteiger partial charge in [0.15, 0.2) is 0 Å². The van der Waals surface area contributed by atoms with Crippen molar-refractivity contribution < 1.29 is 26.4 Å². The van der Waals surface area contributed by atoms with E-state index in [0.717, 1.165) is 29.6 Å². The number of aromatic nitrogens is 2. The van der Waals surface area contributed by atoms with Gasteiger partial charge in [-0.05, 0) is 32.0 Å². The highest BCUT2D eigenvalue weighted by Crippen LogP contribution is 2.27. The lowest BCUT2D eigenvalue weighted by atomic mass is 10.2. The molecule has 0 spiro atoms. The highest BCUT2D eigenvalue weighted by atomic mass is 35.5. The number of nitrogens with one attached hydrogen (secondary N) is 1. The van der Waals surface area contributed by atoms with E-state index >= 15 is 0 Å². The lowest BCUT2D eigenvalue weighted by molar-refractivity contribution is -0.144. The molecule has 1 heterocycles. The first kappa shape index (κ1) is 24.6. The summed E-state index contributed by atoms with van der Waals surface area (Å²) in [5, 5.41) is -0.208. The molecule has 9 nitrogen and oxygen atoms in total.